The molecule has 3 aromatic rings. The number of amides is 1. The van der Waals surface area contributed by atoms with Crippen molar-refractivity contribution in [3.8, 4) is 16.9 Å². The second-order valence-corrected chi connectivity index (χ2v) is 10.0. The first-order valence-corrected chi connectivity index (χ1v) is 12.9. The third kappa shape index (κ3) is 7.89. The molecule has 0 radical (unpaired) electrons. The Hall–Kier alpha value is -3.25. The maximum atomic E-state index is 13.9. The van der Waals surface area contributed by atoms with Crippen LogP contribution >= 0.6 is 0 Å². The second-order valence-electron chi connectivity index (χ2n) is 10.0. The highest BCUT2D eigenvalue weighted by Crippen LogP contribution is 2.21. The van der Waals surface area contributed by atoms with Gasteiger partial charge in [0.2, 0.25) is 5.91 Å². The van der Waals surface area contributed by atoms with Crippen molar-refractivity contribution < 1.29 is 13.9 Å². The largest absolute Gasteiger partial charge is 0.493 e. The van der Waals surface area contributed by atoms with E-state index in [1.165, 1.54) is 50.0 Å². The lowest BCUT2D eigenvalue weighted by atomic mass is 10.0. The van der Waals surface area contributed by atoms with Gasteiger partial charge in [-0.15, -0.1) is 0 Å². The predicted octanol–water partition coefficient (Wildman–Crippen LogP) is 5.77. The third-order valence-electron chi connectivity index (χ3n) is 6.31. The highest BCUT2D eigenvalue weighted by molar-refractivity contribution is 5.78. The van der Waals surface area contributed by atoms with Crippen LogP contribution in [0.3, 0.4) is 0 Å². The van der Waals surface area contributed by atoms with Gasteiger partial charge in [0.15, 0.2) is 0 Å². The lowest BCUT2D eigenvalue weighted by molar-refractivity contribution is -0.120. The highest BCUT2D eigenvalue weighted by Gasteiger charge is 2.11. The number of hydrogen-bond donors (Lipinski definition) is 1. The van der Waals surface area contributed by atoms with Gasteiger partial charge in [-0.3, -0.25) is 14.7 Å². The van der Waals surface area contributed by atoms with Crippen molar-refractivity contribution in [2.75, 3.05) is 19.7 Å². The van der Waals surface area contributed by atoms with E-state index in [2.05, 4.69) is 39.5 Å². The number of carbonyl (C=O) groups is 1. The van der Waals surface area contributed by atoms with Gasteiger partial charge in [-0.2, -0.15) is 0 Å². The molecule has 1 aliphatic heterocycles. The van der Waals surface area contributed by atoms with Crippen LogP contribution in [-0.2, 0) is 24.3 Å². The zero-order valence-electron chi connectivity index (χ0n) is 21.3. The molecule has 190 valence electrons. The first-order valence-electron chi connectivity index (χ1n) is 12.9. The van der Waals surface area contributed by atoms with E-state index in [4.69, 9.17) is 4.74 Å². The maximum absolute atomic E-state index is 13.9. The zero-order chi connectivity index (χ0) is 25.3. The van der Waals surface area contributed by atoms with Crippen LogP contribution in [0, 0.1) is 11.7 Å². The fourth-order valence-corrected chi connectivity index (χ4v) is 4.37. The van der Waals surface area contributed by atoms with E-state index in [9.17, 15) is 9.18 Å². The van der Waals surface area contributed by atoms with Crippen LogP contribution in [0.5, 0.6) is 5.75 Å². The van der Waals surface area contributed by atoms with E-state index in [-0.39, 0.29) is 24.7 Å². The average molecular weight is 490 g/mol. The molecular formula is C30H36FN3O2. The zero-order valence-corrected chi connectivity index (χ0v) is 21.3. The Kier molecular flexibility index (Phi) is 9.06. The maximum Gasteiger partial charge on any atom is 0.226 e. The fourth-order valence-electron chi connectivity index (χ4n) is 4.37. The number of likely N-dealkylation sites (tertiary alicyclic amines) is 1. The normalized spacial score (nSPS) is 14.1. The number of carbonyl (C=O) groups excluding carboxylic acids is 1. The van der Waals surface area contributed by atoms with Crippen LogP contribution in [0.15, 0.2) is 60.8 Å². The predicted molar refractivity (Wildman–Crippen MR) is 141 cm³/mol. The summed E-state index contributed by atoms with van der Waals surface area (Å²) in [6, 6.07) is 17.1. The molecule has 0 unspecified atom stereocenters. The monoisotopic (exact) mass is 489 g/mol. The van der Waals surface area contributed by atoms with Crippen molar-refractivity contribution in [2.24, 2.45) is 5.92 Å². The standard InChI is InChI=1S/C30H36FN3O2/c1-22(2)21-36-29-15-24(14-27(31)16-29)18-33-30(35)17-28-11-10-26(19-32-28)25-8-6-23(7-9-25)20-34-12-4-3-5-13-34/h6-11,14-16,19,22H,3-5,12-13,17-18,20-21H2,1-2H3,(H,33,35). The summed E-state index contributed by atoms with van der Waals surface area (Å²) in [5.41, 5.74) is 4.82. The van der Waals surface area contributed by atoms with Gasteiger partial charge in [0, 0.05) is 36.6 Å². The Morgan fingerprint density at radius 3 is 2.44 bits per heavy atom. The molecule has 0 aliphatic carbocycles. The molecule has 6 heteroatoms. The minimum atomic E-state index is -0.378. The third-order valence-corrected chi connectivity index (χ3v) is 6.31. The molecule has 1 amide bonds. The van der Waals surface area contributed by atoms with E-state index >= 15 is 0 Å². The van der Waals surface area contributed by atoms with Crippen LogP contribution in [0.25, 0.3) is 11.1 Å². The lowest BCUT2D eigenvalue weighted by Crippen LogP contribution is -2.28. The van der Waals surface area contributed by atoms with Gasteiger partial charge in [-0.05, 0) is 66.7 Å². The van der Waals surface area contributed by atoms with Crippen molar-refractivity contribution in [1.82, 2.24) is 15.2 Å². The number of halogens is 1. The summed E-state index contributed by atoms with van der Waals surface area (Å²) in [4.78, 5) is 19.5. The number of nitrogens with one attached hydrogen (secondary N) is 1. The SMILES string of the molecule is CC(C)COc1cc(F)cc(CNC(=O)Cc2ccc(-c3ccc(CN4CCCCC4)cc3)cn2)c1. The van der Waals surface area contributed by atoms with E-state index in [1.54, 1.807) is 6.07 Å². The summed E-state index contributed by atoms with van der Waals surface area (Å²) >= 11 is 0. The van der Waals surface area contributed by atoms with Gasteiger partial charge in [0.25, 0.3) is 0 Å². The summed E-state index contributed by atoms with van der Waals surface area (Å²) in [7, 11) is 0. The Bertz CT molecular complexity index is 1120. The Morgan fingerprint density at radius 2 is 1.75 bits per heavy atom. The van der Waals surface area contributed by atoms with Crippen molar-refractivity contribution in [3.05, 3.63) is 83.4 Å². The summed E-state index contributed by atoms with van der Waals surface area (Å²) in [6.45, 7) is 8.21. The molecular weight excluding hydrogens is 453 g/mol. The van der Waals surface area contributed by atoms with Gasteiger partial charge >= 0.3 is 0 Å². The summed E-state index contributed by atoms with van der Waals surface area (Å²) < 4.78 is 19.5. The number of hydrogen-bond acceptors (Lipinski definition) is 4. The van der Waals surface area contributed by atoms with Crippen LogP contribution < -0.4 is 10.1 Å². The minimum Gasteiger partial charge on any atom is -0.493 e. The van der Waals surface area contributed by atoms with Gasteiger partial charge in [-0.25, -0.2) is 4.39 Å². The van der Waals surface area contributed by atoms with E-state index in [1.807, 2.05) is 32.2 Å². The lowest BCUT2D eigenvalue weighted by Gasteiger charge is -2.26. The first kappa shape index (κ1) is 25.8. The molecule has 5 nitrogen and oxygen atoms in total. The summed E-state index contributed by atoms with van der Waals surface area (Å²) in [5, 5.41) is 2.85. The number of benzene rings is 2. The van der Waals surface area contributed by atoms with Crippen molar-refractivity contribution in [1.29, 1.82) is 0 Å². The molecule has 0 atom stereocenters. The number of aromatic nitrogens is 1. The quantitative estimate of drug-likeness (QED) is 0.393. The van der Waals surface area contributed by atoms with Crippen LogP contribution in [-0.4, -0.2) is 35.5 Å². The van der Waals surface area contributed by atoms with E-state index < -0.39 is 0 Å². The van der Waals surface area contributed by atoms with Crippen molar-refractivity contribution in [2.45, 2.75) is 52.6 Å². The first-order chi connectivity index (χ1) is 17.4. The number of rotatable bonds is 10. The molecule has 0 bridgehead atoms. The number of nitrogens with zero attached hydrogens (tertiary/aromatic N) is 2. The molecule has 1 fully saturated rings. The summed E-state index contributed by atoms with van der Waals surface area (Å²) in [6.07, 6.45) is 5.93. The molecule has 2 aromatic carbocycles. The summed E-state index contributed by atoms with van der Waals surface area (Å²) in [5.74, 6) is 0.285. The van der Waals surface area contributed by atoms with Gasteiger partial charge < -0.3 is 10.1 Å². The number of pyridine rings is 1. The van der Waals surface area contributed by atoms with Crippen LogP contribution in [0.4, 0.5) is 4.39 Å². The molecule has 1 aliphatic rings. The Morgan fingerprint density at radius 1 is 1.00 bits per heavy atom. The number of ether oxygens (including phenoxy) is 1. The van der Waals surface area contributed by atoms with E-state index in [0.717, 1.165) is 17.7 Å². The molecule has 36 heavy (non-hydrogen) atoms. The van der Waals surface area contributed by atoms with Crippen LogP contribution in [0.2, 0.25) is 0 Å². The Balaban J connectivity index is 1.27. The molecule has 0 spiro atoms. The van der Waals surface area contributed by atoms with Gasteiger partial charge in [0.1, 0.15) is 11.6 Å². The smallest absolute Gasteiger partial charge is 0.226 e. The molecule has 4 rings (SSSR count). The average Bonchev–Trinajstić information content (AvgIpc) is 2.88. The van der Waals surface area contributed by atoms with Gasteiger partial charge in [0.05, 0.1) is 13.0 Å². The second kappa shape index (κ2) is 12.6. The topological polar surface area (TPSA) is 54.5 Å². The number of piperidine rings is 1. The molecule has 0 saturated carbocycles. The van der Waals surface area contributed by atoms with E-state index in [0.29, 0.717) is 29.5 Å². The van der Waals surface area contributed by atoms with Crippen molar-refractivity contribution in [3.63, 3.8) is 0 Å². The highest BCUT2D eigenvalue weighted by atomic mass is 19.1. The molecule has 1 aromatic heterocycles. The van der Waals surface area contributed by atoms with Crippen molar-refractivity contribution >= 4 is 5.91 Å². The minimum absolute atomic E-state index is 0.161. The van der Waals surface area contributed by atoms with Gasteiger partial charge in [-0.1, -0.05) is 50.6 Å². The molecule has 1 N–H and O–H groups in total. The molecule has 2 heterocycles. The Labute approximate surface area is 213 Å². The fraction of sp³-hybridized carbons (Fsp3) is 0.400. The molecule has 1 saturated heterocycles. The van der Waals surface area contributed by atoms with Crippen LogP contribution in [0.1, 0.15) is 49.9 Å².